The molecule has 4 aliphatic rings. The summed E-state index contributed by atoms with van der Waals surface area (Å²) >= 11 is 0. The molecule has 0 unspecified atom stereocenters. The number of amides is 1. The summed E-state index contributed by atoms with van der Waals surface area (Å²) in [5.74, 6) is 3.30. The Bertz CT molecular complexity index is 1030. The lowest BCUT2D eigenvalue weighted by Crippen LogP contribution is -2.47. The van der Waals surface area contributed by atoms with E-state index in [1.54, 1.807) is 6.92 Å². The molecule has 1 amide bonds. The first-order chi connectivity index (χ1) is 17.0. The van der Waals surface area contributed by atoms with Crippen LogP contribution in [-0.4, -0.2) is 43.1 Å². The topological polar surface area (TPSA) is 92.4 Å². The first kappa shape index (κ1) is 24.0. The summed E-state index contributed by atoms with van der Waals surface area (Å²) in [7, 11) is 0. The highest BCUT2D eigenvalue weighted by atomic mass is 16.5. The highest BCUT2D eigenvalue weighted by molar-refractivity contribution is 6.01. The average molecular weight is 479 g/mol. The van der Waals surface area contributed by atoms with Crippen LogP contribution in [0.4, 0.5) is 11.5 Å². The van der Waals surface area contributed by atoms with Gasteiger partial charge in [-0.25, -0.2) is 4.98 Å². The Kier molecular flexibility index (Phi) is 7.23. The number of ether oxygens (including phenoxy) is 1. The van der Waals surface area contributed by atoms with Crippen LogP contribution in [0, 0.1) is 23.2 Å². The fourth-order valence-corrected chi connectivity index (χ4v) is 7.24. The molecule has 35 heavy (non-hydrogen) atoms. The van der Waals surface area contributed by atoms with E-state index in [1.165, 1.54) is 38.5 Å². The fraction of sp³-hybridized carbons (Fsp3) is 0.607. The van der Waals surface area contributed by atoms with Gasteiger partial charge in [-0.2, -0.15) is 0 Å². The minimum atomic E-state index is -0.225. The smallest absolute Gasteiger partial charge is 0.319 e. The number of carbonyl (C=O) groups excluding carboxylic acids is 2. The minimum Gasteiger partial charge on any atom is -0.465 e. The predicted molar refractivity (Wildman–Crippen MR) is 138 cm³/mol. The summed E-state index contributed by atoms with van der Waals surface area (Å²) < 4.78 is 4.90. The summed E-state index contributed by atoms with van der Waals surface area (Å²) in [4.78, 5) is 29.2. The molecule has 7 nitrogen and oxygen atoms in total. The standard InChI is InChI=1S/C28H38N4O3/c1-2-35-27(34)18-29-9-4-10-30-25-8-7-22-23(31-25)5-3-6-24(22)32-26(33)17-28-14-19-11-20(15-28)13-21(12-19)16-28/h3,5-8,19-21,29H,2,4,9-18H2,1H3,(H,30,31)(H,32,33). The van der Waals surface area contributed by atoms with Crippen molar-refractivity contribution in [2.45, 2.75) is 58.3 Å². The Labute approximate surface area is 207 Å². The Balaban J connectivity index is 1.14. The number of rotatable bonds is 11. The molecule has 1 aromatic heterocycles. The summed E-state index contributed by atoms with van der Waals surface area (Å²) in [5.41, 5.74) is 1.95. The monoisotopic (exact) mass is 478 g/mol. The van der Waals surface area contributed by atoms with Crippen LogP contribution < -0.4 is 16.0 Å². The Morgan fingerprint density at radius 2 is 1.77 bits per heavy atom. The first-order valence-corrected chi connectivity index (χ1v) is 13.3. The van der Waals surface area contributed by atoms with Crippen LogP contribution >= 0.6 is 0 Å². The van der Waals surface area contributed by atoms with Crippen molar-refractivity contribution in [2.24, 2.45) is 23.2 Å². The molecule has 0 spiro atoms. The van der Waals surface area contributed by atoms with Crippen LogP contribution in [0.5, 0.6) is 0 Å². The third-order valence-electron chi connectivity index (χ3n) is 8.12. The normalized spacial score (nSPS) is 26.6. The van der Waals surface area contributed by atoms with Crippen molar-refractivity contribution in [3.05, 3.63) is 30.3 Å². The lowest BCUT2D eigenvalue weighted by atomic mass is 9.49. The van der Waals surface area contributed by atoms with Gasteiger partial charge < -0.3 is 20.7 Å². The predicted octanol–water partition coefficient (Wildman–Crippen LogP) is 4.73. The van der Waals surface area contributed by atoms with Crippen LogP contribution in [0.2, 0.25) is 0 Å². The van der Waals surface area contributed by atoms with E-state index >= 15 is 0 Å². The Hall–Kier alpha value is -2.67. The summed E-state index contributed by atoms with van der Waals surface area (Å²) in [5, 5.41) is 10.6. The first-order valence-electron chi connectivity index (χ1n) is 13.3. The van der Waals surface area contributed by atoms with Crippen molar-refractivity contribution in [1.82, 2.24) is 10.3 Å². The van der Waals surface area contributed by atoms with E-state index < -0.39 is 0 Å². The second-order valence-electron chi connectivity index (χ2n) is 11.0. The SMILES string of the molecule is CCOC(=O)CNCCCNc1ccc2c(NC(=O)CC34CC5CC(CC(C5)C3)C4)cccc2n1. The zero-order chi connectivity index (χ0) is 24.3. The molecule has 0 saturated heterocycles. The second-order valence-corrected chi connectivity index (χ2v) is 11.0. The number of benzene rings is 1. The number of hydrogen-bond acceptors (Lipinski definition) is 6. The Morgan fingerprint density at radius 1 is 1.03 bits per heavy atom. The van der Waals surface area contributed by atoms with Crippen LogP contribution in [0.25, 0.3) is 10.9 Å². The number of esters is 1. The van der Waals surface area contributed by atoms with E-state index in [2.05, 4.69) is 16.0 Å². The molecule has 1 aromatic carbocycles. The molecule has 0 aliphatic heterocycles. The van der Waals surface area contributed by atoms with Gasteiger partial charge in [0.1, 0.15) is 5.82 Å². The second kappa shape index (κ2) is 10.5. The quantitative estimate of drug-likeness (QED) is 0.319. The van der Waals surface area contributed by atoms with E-state index in [0.717, 1.165) is 59.7 Å². The Morgan fingerprint density at radius 3 is 2.49 bits per heavy atom. The van der Waals surface area contributed by atoms with Gasteiger partial charge in [-0.3, -0.25) is 9.59 Å². The number of fused-ring (bicyclic) bond motifs is 1. The number of carbonyl (C=O) groups is 2. The minimum absolute atomic E-state index is 0.150. The van der Waals surface area contributed by atoms with E-state index in [1.807, 2.05) is 30.3 Å². The zero-order valence-electron chi connectivity index (χ0n) is 20.8. The molecule has 4 aliphatic carbocycles. The molecule has 7 heteroatoms. The van der Waals surface area contributed by atoms with Crippen LogP contribution in [-0.2, 0) is 14.3 Å². The third kappa shape index (κ3) is 5.77. The maximum atomic E-state index is 13.1. The van der Waals surface area contributed by atoms with Crippen molar-refractivity contribution in [3.8, 4) is 0 Å². The van der Waals surface area contributed by atoms with Gasteiger partial charge in [0.2, 0.25) is 5.91 Å². The molecule has 0 radical (unpaired) electrons. The maximum Gasteiger partial charge on any atom is 0.319 e. The number of aromatic nitrogens is 1. The number of nitrogens with one attached hydrogen (secondary N) is 3. The molecule has 3 N–H and O–H groups in total. The summed E-state index contributed by atoms with van der Waals surface area (Å²) in [6.45, 7) is 3.91. The van der Waals surface area contributed by atoms with Crippen LogP contribution in [0.1, 0.15) is 58.3 Å². The van der Waals surface area contributed by atoms with E-state index in [4.69, 9.17) is 9.72 Å². The molecular weight excluding hydrogens is 440 g/mol. The number of nitrogens with zero attached hydrogens (tertiary/aromatic N) is 1. The van der Waals surface area contributed by atoms with Crippen molar-refractivity contribution in [1.29, 1.82) is 0 Å². The van der Waals surface area contributed by atoms with E-state index in [9.17, 15) is 9.59 Å². The largest absolute Gasteiger partial charge is 0.465 e. The molecule has 188 valence electrons. The van der Waals surface area contributed by atoms with Gasteiger partial charge in [-0.15, -0.1) is 0 Å². The lowest BCUT2D eigenvalue weighted by molar-refractivity contribution is -0.142. The van der Waals surface area contributed by atoms with Crippen molar-refractivity contribution in [2.75, 3.05) is 36.9 Å². The van der Waals surface area contributed by atoms with Crippen molar-refractivity contribution < 1.29 is 14.3 Å². The summed E-state index contributed by atoms with van der Waals surface area (Å²) in [6.07, 6.45) is 9.46. The van der Waals surface area contributed by atoms with Gasteiger partial charge in [0, 0.05) is 18.4 Å². The van der Waals surface area contributed by atoms with Crippen LogP contribution in [0.3, 0.4) is 0 Å². The van der Waals surface area contributed by atoms with Gasteiger partial charge in [0.05, 0.1) is 24.4 Å². The molecule has 4 saturated carbocycles. The van der Waals surface area contributed by atoms with Gasteiger partial charge in [-0.05, 0) is 106 Å². The molecule has 4 bridgehead atoms. The number of hydrogen-bond donors (Lipinski definition) is 3. The third-order valence-corrected chi connectivity index (χ3v) is 8.12. The van der Waals surface area contributed by atoms with Gasteiger partial charge in [0.15, 0.2) is 0 Å². The molecule has 2 aromatic rings. The molecule has 4 fully saturated rings. The lowest BCUT2D eigenvalue weighted by Gasteiger charge is -2.56. The van der Waals surface area contributed by atoms with Gasteiger partial charge in [-0.1, -0.05) is 6.07 Å². The van der Waals surface area contributed by atoms with E-state index in [0.29, 0.717) is 13.0 Å². The average Bonchev–Trinajstić information content (AvgIpc) is 2.80. The van der Waals surface area contributed by atoms with Crippen molar-refractivity contribution in [3.63, 3.8) is 0 Å². The van der Waals surface area contributed by atoms with Crippen LogP contribution in [0.15, 0.2) is 30.3 Å². The summed E-state index contributed by atoms with van der Waals surface area (Å²) in [6, 6.07) is 9.91. The highest BCUT2D eigenvalue weighted by Gasteiger charge is 2.51. The number of anilines is 2. The van der Waals surface area contributed by atoms with Gasteiger partial charge >= 0.3 is 5.97 Å². The number of pyridine rings is 1. The fourth-order valence-electron chi connectivity index (χ4n) is 7.24. The maximum absolute atomic E-state index is 13.1. The van der Waals surface area contributed by atoms with Crippen molar-refractivity contribution >= 4 is 34.3 Å². The van der Waals surface area contributed by atoms with E-state index in [-0.39, 0.29) is 23.8 Å². The van der Waals surface area contributed by atoms with Gasteiger partial charge in [0.25, 0.3) is 0 Å². The molecule has 6 rings (SSSR count). The molecular formula is C28H38N4O3. The molecule has 1 heterocycles. The zero-order valence-corrected chi connectivity index (χ0v) is 20.8. The molecule has 0 atom stereocenters. The highest BCUT2D eigenvalue weighted by Crippen LogP contribution is 2.61.